The Labute approximate surface area is 312 Å². The van der Waals surface area contributed by atoms with E-state index in [0.717, 1.165) is 51.9 Å². The van der Waals surface area contributed by atoms with Crippen molar-refractivity contribution in [3.8, 4) is 11.1 Å². The highest BCUT2D eigenvalue weighted by molar-refractivity contribution is 5.81. The van der Waals surface area contributed by atoms with Gasteiger partial charge in [0.2, 0.25) is 0 Å². The highest BCUT2D eigenvalue weighted by Crippen LogP contribution is 2.51. The van der Waals surface area contributed by atoms with Crippen LogP contribution in [0.1, 0.15) is 54.9 Å². The van der Waals surface area contributed by atoms with Crippen molar-refractivity contribution in [2.75, 3.05) is 15.1 Å². The molecule has 0 bridgehead atoms. The standard InChI is InChI=1S/C49H53N3/c1-37(49(8,48(5,6)7)36-47(2,3)4)50-40-28-34-46(35-29-40)52(43-22-16-11-17-23-43)45-32-26-39(27-33-45)38-24-30-44(31-25-38)51(41-18-12-9-13-19-41)42-20-14-10-15-21-42/h9-35,50H,1,36H2,2-8H3. The second-order valence-electron chi connectivity index (χ2n) is 16.2. The third-order valence-corrected chi connectivity index (χ3v) is 10.3. The van der Waals surface area contributed by atoms with Crippen molar-refractivity contribution in [1.29, 1.82) is 0 Å². The van der Waals surface area contributed by atoms with Crippen LogP contribution in [0.25, 0.3) is 11.1 Å². The number of rotatable bonds is 11. The summed E-state index contributed by atoms with van der Waals surface area (Å²) in [5, 5.41) is 3.70. The summed E-state index contributed by atoms with van der Waals surface area (Å²) in [7, 11) is 0. The molecule has 3 nitrogen and oxygen atoms in total. The number of para-hydroxylation sites is 3. The molecule has 0 saturated carbocycles. The van der Waals surface area contributed by atoms with E-state index in [1.165, 1.54) is 11.1 Å². The summed E-state index contributed by atoms with van der Waals surface area (Å²) < 4.78 is 0. The SMILES string of the molecule is C=C(Nc1ccc(N(c2ccccc2)c2ccc(-c3ccc(N(c4ccccc4)c4ccccc4)cc3)cc2)cc1)C(C)(CC(C)(C)C)C(C)(C)C. The fourth-order valence-electron chi connectivity index (χ4n) is 7.12. The van der Waals surface area contributed by atoms with E-state index in [-0.39, 0.29) is 16.2 Å². The molecular formula is C49H53N3. The van der Waals surface area contributed by atoms with Gasteiger partial charge < -0.3 is 15.1 Å². The lowest BCUT2D eigenvalue weighted by Gasteiger charge is -2.47. The summed E-state index contributed by atoms with van der Waals surface area (Å²) in [5.74, 6) is 0. The lowest BCUT2D eigenvalue weighted by atomic mass is 9.60. The van der Waals surface area contributed by atoms with Crippen molar-refractivity contribution in [3.63, 3.8) is 0 Å². The van der Waals surface area contributed by atoms with Crippen molar-refractivity contribution < 1.29 is 0 Å². The molecule has 3 heteroatoms. The van der Waals surface area contributed by atoms with E-state index in [1.54, 1.807) is 0 Å². The van der Waals surface area contributed by atoms with E-state index in [2.05, 4.69) is 234 Å². The molecule has 0 fully saturated rings. The van der Waals surface area contributed by atoms with Crippen LogP contribution in [-0.4, -0.2) is 0 Å². The Bertz CT molecular complexity index is 2000. The Morgan fingerprint density at radius 1 is 0.442 bits per heavy atom. The van der Waals surface area contributed by atoms with Crippen LogP contribution in [0.15, 0.2) is 176 Å². The average Bonchev–Trinajstić information content (AvgIpc) is 3.13. The largest absolute Gasteiger partial charge is 0.359 e. The predicted octanol–water partition coefficient (Wildman–Crippen LogP) is 14.7. The van der Waals surface area contributed by atoms with E-state index in [9.17, 15) is 0 Å². The minimum Gasteiger partial charge on any atom is -0.359 e. The summed E-state index contributed by atoms with van der Waals surface area (Å²) in [6, 6.07) is 58.0. The maximum absolute atomic E-state index is 4.58. The predicted molar refractivity (Wildman–Crippen MR) is 226 cm³/mol. The van der Waals surface area contributed by atoms with Gasteiger partial charge in [0.1, 0.15) is 0 Å². The molecule has 0 amide bonds. The molecule has 6 aromatic rings. The molecule has 52 heavy (non-hydrogen) atoms. The Morgan fingerprint density at radius 3 is 1.06 bits per heavy atom. The van der Waals surface area contributed by atoms with Gasteiger partial charge in [-0.2, -0.15) is 0 Å². The van der Waals surface area contributed by atoms with Crippen LogP contribution in [0.4, 0.5) is 39.8 Å². The molecule has 0 radical (unpaired) electrons. The molecule has 0 aromatic heterocycles. The molecule has 1 atom stereocenters. The minimum atomic E-state index is -0.0920. The molecule has 0 spiro atoms. The molecular weight excluding hydrogens is 631 g/mol. The van der Waals surface area contributed by atoms with Crippen molar-refractivity contribution >= 4 is 39.8 Å². The van der Waals surface area contributed by atoms with E-state index in [4.69, 9.17) is 0 Å². The zero-order chi connectivity index (χ0) is 36.9. The monoisotopic (exact) mass is 683 g/mol. The second kappa shape index (κ2) is 15.0. The van der Waals surface area contributed by atoms with Gasteiger partial charge in [-0.05, 0) is 113 Å². The maximum Gasteiger partial charge on any atom is 0.0463 e. The summed E-state index contributed by atoms with van der Waals surface area (Å²) in [6.45, 7) is 20.8. The van der Waals surface area contributed by atoms with Crippen molar-refractivity contribution in [3.05, 3.63) is 176 Å². The first-order valence-electron chi connectivity index (χ1n) is 18.3. The van der Waals surface area contributed by atoms with Gasteiger partial charge in [-0.25, -0.2) is 0 Å². The molecule has 0 heterocycles. The van der Waals surface area contributed by atoms with E-state index >= 15 is 0 Å². The Kier molecular flexibility index (Phi) is 10.4. The van der Waals surface area contributed by atoms with Crippen LogP contribution in [0.2, 0.25) is 0 Å². The van der Waals surface area contributed by atoms with E-state index in [1.807, 2.05) is 0 Å². The highest BCUT2D eigenvalue weighted by Gasteiger charge is 2.42. The zero-order valence-electron chi connectivity index (χ0n) is 31.9. The quantitative estimate of drug-likeness (QED) is 0.147. The first kappa shape index (κ1) is 36.3. The Hall–Kier alpha value is -5.54. The van der Waals surface area contributed by atoms with Crippen LogP contribution in [0, 0.1) is 16.2 Å². The van der Waals surface area contributed by atoms with Crippen LogP contribution in [-0.2, 0) is 0 Å². The number of nitrogens with one attached hydrogen (secondary N) is 1. The summed E-state index contributed by atoms with van der Waals surface area (Å²) >= 11 is 0. The summed E-state index contributed by atoms with van der Waals surface area (Å²) in [5.41, 5.74) is 11.3. The van der Waals surface area contributed by atoms with Gasteiger partial charge >= 0.3 is 0 Å². The Balaban J connectivity index is 1.25. The van der Waals surface area contributed by atoms with Crippen molar-refractivity contribution in [2.24, 2.45) is 16.2 Å². The van der Waals surface area contributed by atoms with Gasteiger partial charge in [-0.1, -0.05) is 134 Å². The number of hydrogen-bond acceptors (Lipinski definition) is 3. The van der Waals surface area contributed by atoms with E-state index in [0.29, 0.717) is 0 Å². The molecule has 6 rings (SSSR count). The van der Waals surface area contributed by atoms with Gasteiger partial charge in [0, 0.05) is 50.9 Å². The molecule has 6 aromatic carbocycles. The molecule has 264 valence electrons. The lowest BCUT2D eigenvalue weighted by Crippen LogP contribution is -2.40. The second-order valence-corrected chi connectivity index (χ2v) is 16.2. The molecule has 0 saturated heterocycles. The van der Waals surface area contributed by atoms with Crippen molar-refractivity contribution in [1.82, 2.24) is 0 Å². The smallest absolute Gasteiger partial charge is 0.0463 e. The van der Waals surface area contributed by atoms with Gasteiger partial charge in [-0.3, -0.25) is 0 Å². The number of benzene rings is 6. The minimum absolute atomic E-state index is 0.0489. The molecule has 1 unspecified atom stereocenters. The third kappa shape index (κ3) is 8.16. The van der Waals surface area contributed by atoms with Gasteiger partial charge in [0.25, 0.3) is 0 Å². The third-order valence-electron chi connectivity index (χ3n) is 10.3. The van der Waals surface area contributed by atoms with Gasteiger partial charge in [0.05, 0.1) is 0 Å². The summed E-state index contributed by atoms with van der Waals surface area (Å²) in [6.07, 6.45) is 1.04. The topological polar surface area (TPSA) is 18.5 Å². The molecule has 0 aliphatic carbocycles. The average molecular weight is 684 g/mol. The fourth-order valence-corrected chi connectivity index (χ4v) is 7.12. The normalized spacial score (nSPS) is 12.8. The van der Waals surface area contributed by atoms with Crippen LogP contribution < -0.4 is 15.1 Å². The number of allylic oxidation sites excluding steroid dienone is 1. The van der Waals surface area contributed by atoms with Crippen LogP contribution in [0.5, 0.6) is 0 Å². The molecule has 0 aliphatic heterocycles. The Morgan fingerprint density at radius 2 is 0.750 bits per heavy atom. The van der Waals surface area contributed by atoms with Crippen molar-refractivity contribution in [2.45, 2.75) is 54.9 Å². The van der Waals surface area contributed by atoms with Crippen LogP contribution in [0.3, 0.4) is 0 Å². The lowest BCUT2D eigenvalue weighted by molar-refractivity contribution is 0.0939. The highest BCUT2D eigenvalue weighted by atomic mass is 15.1. The fraction of sp³-hybridized carbons (Fsp3) is 0.224. The molecule has 0 aliphatic rings. The number of nitrogens with zero attached hydrogens (tertiary/aromatic N) is 2. The van der Waals surface area contributed by atoms with E-state index < -0.39 is 0 Å². The first-order valence-corrected chi connectivity index (χ1v) is 18.3. The zero-order valence-corrected chi connectivity index (χ0v) is 31.9. The van der Waals surface area contributed by atoms with Gasteiger partial charge in [0.15, 0.2) is 0 Å². The maximum atomic E-state index is 4.58. The van der Waals surface area contributed by atoms with Crippen LogP contribution >= 0.6 is 0 Å². The molecule has 1 N–H and O–H groups in total. The van der Waals surface area contributed by atoms with Gasteiger partial charge in [-0.15, -0.1) is 0 Å². The number of hydrogen-bond donors (Lipinski definition) is 1. The first-order chi connectivity index (χ1) is 24.8. The number of anilines is 7. The summed E-state index contributed by atoms with van der Waals surface area (Å²) in [4.78, 5) is 4.60.